The molecule has 18 heavy (non-hydrogen) atoms. The second-order valence-corrected chi connectivity index (χ2v) is 3.37. The predicted molar refractivity (Wildman–Crippen MR) is 53.9 cm³/mol. The molecule has 2 aromatic rings. The molecule has 1 aromatic carbocycles. The Morgan fingerprint density at radius 1 is 1.22 bits per heavy atom. The van der Waals surface area contributed by atoms with E-state index in [1.54, 1.807) is 18.2 Å². The fourth-order valence-electron chi connectivity index (χ4n) is 1.38. The molecule has 0 unspecified atom stereocenters. The first-order chi connectivity index (χ1) is 8.39. The molecule has 0 aliphatic carbocycles. The zero-order valence-corrected chi connectivity index (χ0v) is 8.73. The van der Waals surface area contributed by atoms with Crippen LogP contribution in [-0.4, -0.2) is 16.1 Å². The Kier molecular flexibility index (Phi) is 2.82. The Labute approximate surface area is 98.7 Å². The summed E-state index contributed by atoms with van der Waals surface area (Å²) in [6.45, 7) is 0. The number of oxazole rings is 1. The van der Waals surface area contributed by atoms with Crippen LogP contribution in [0.1, 0.15) is 16.4 Å². The maximum Gasteiger partial charge on any atom is 0.468 e. The number of carbonyl (C=O) groups is 1. The van der Waals surface area contributed by atoms with Crippen molar-refractivity contribution in [1.82, 2.24) is 4.98 Å². The lowest BCUT2D eigenvalue weighted by atomic mass is 10.1. The molecule has 4 nitrogen and oxygen atoms in total. The largest absolute Gasteiger partial charge is 0.475 e. The molecule has 0 amide bonds. The van der Waals surface area contributed by atoms with Crippen molar-refractivity contribution in [3.05, 3.63) is 42.0 Å². The molecule has 2 rings (SSSR count). The summed E-state index contributed by atoms with van der Waals surface area (Å²) in [6, 6.07) is 7.66. The van der Waals surface area contributed by atoms with Crippen LogP contribution in [-0.2, 0) is 6.18 Å². The van der Waals surface area contributed by atoms with Gasteiger partial charge >= 0.3 is 18.0 Å². The molecule has 0 bridgehead atoms. The second kappa shape index (κ2) is 4.17. The van der Waals surface area contributed by atoms with Gasteiger partial charge in [-0.15, -0.1) is 0 Å². The van der Waals surface area contributed by atoms with Crippen LogP contribution in [0.2, 0.25) is 0 Å². The number of aromatic carboxylic acids is 1. The maximum atomic E-state index is 12.4. The van der Waals surface area contributed by atoms with E-state index in [0.717, 1.165) is 0 Å². The number of alkyl halides is 3. The van der Waals surface area contributed by atoms with E-state index in [2.05, 4.69) is 9.40 Å². The summed E-state index contributed by atoms with van der Waals surface area (Å²) < 4.78 is 41.5. The van der Waals surface area contributed by atoms with Gasteiger partial charge in [0.15, 0.2) is 0 Å². The average Bonchev–Trinajstić information content (AvgIpc) is 2.74. The van der Waals surface area contributed by atoms with E-state index in [1.165, 1.54) is 12.1 Å². The van der Waals surface area contributed by atoms with Crippen molar-refractivity contribution in [3.63, 3.8) is 0 Å². The van der Waals surface area contributed by atoms with E-state index in [-0.39, 0.29) is 11.3 Å². The standard InChI is InChI=1S/C11H6F3NO3/c12-11(13,14)10-15-7(8(18-10)9(16)17)6-4-2-1-3-5-6/h1-5H,(H,16,17). The third-order valence-electron chi connectivity index (χ3n) is 2.11. The molecule has 0 saturated carbocycles. The molecule has 1 N–H and O–H groups in total. The molecule has 0 aliphatic rings. The van der Waals surface area contributed by atoms with E-state index in [4.69, 9.17) is 5.11 Å². The van der Waals surface area contributed by atoms with Crippen LogP contribution in [0, 0.1) is 0 Å². The van der Waals surface area contributed by atoms with Gasteiger partial charge in [0.1, 0.15) is 5.69 Å². The Morgan fingerprint density at radius 2 is 1.83 bits per heavy atom. The highest BCUT2D eigenvalue weighted by molar-refractivity contribution is 5.91. The number of carboxylic acid groups (broad SMARTS) is 1. The summed E-state index contributed by atoms with van der Waals surface area (Å²) in [5.74, 6) is -4.00. The first-order valence-electron chi connectivity index (χ1n) is 4.76. The second-order valence-electron chi connectivity index (χ2n) is 3.37. The van der Waals surface area contributed by atoms with E-state index < -0.39 is 23.8 Å². The summed E-state index contributed by atoms with van der Waals surface area (Å²) in [5, 5.41) is 8.80. The van der Waals surface area contributed by atoms with E-state index in [9.17, 15) is 18.0 Å². The zero-order valence-electron chi connectivity index (χ0n) is 8.73. The van der Waals surface area contributed by atoms with Crippen LogP contribution in [0.5, 0.6) is 0 Å². The summed E-state index contributed by atoms with van der Waals surface area (Å²) in [7, 11) is 0. The Balaban J connectivity index is 2.60. The van der Waals surface area contributed by atoms with Crippen molar-refractivity contribution in [2.45, 2.75) is 6.18 Å². The van der Waals surface area contributed by atoms with Crippen molar-refractivity contribution in [1.29, 1.82) is 0 Å². The molecule has 0 atom stereocenters. The molecule has 7 heteroatoms. The van der Waals surface area contributed by atoms with Crippen LogP contribution in [0.4, 0.5) is 13.2 Å². The van der Waals surface area contributed by atoms with Crippen LogP contribution in [0.3, 0.4) is 0 Å². The topological polar surface area (TPSA) is 63.3 Å². The lowest BCUT2D eigenvalue weighted by Gasteiger charge is -1.97. The van der Waals surface area contributed by atoms with Gasteiger partial charge in [-0.1, -0.05) is 30.3 Å². The highest BCUT2D eigenvalue weighted by atomic mass is 19.4. The van der Waals surface area contributed by atoms with Gasteiger partial charge in [-0.05, 0) is 0 Å². The number of hydrogen-bond donors (Lipinski definition) is 1. The minimum absolute atomic E-state index is 0.245. The summed E-state index contributed by atoms with van der Waals surface area (Å²) in [4.78, 5) is 14.0. The average molecular weight is 257 g/mol. The zero-order chi connectivity index (χ0) is 13.3. The quantitative estimate of drug-likeness (QED) is 0.897. The maximum absolute atomic E-state index is 12.4. The van der Waals surface area contributed by atoms with Gasteiger partial charge in [0.25, 0.3) is 0 Å². The number of hydrogen-bond acceptors (Lipinski definition) is 3. The number of rotatable bonds is 2. The smallest absolute Gasteiger partial charge is 0.468 e. The summed E-state index contributed by atoms with van der Waals surface area (Å²) in [5.41, 5.74) is -0.0930. The van der Waals surface area contributed by atoms with Crippen molar-refractivity contribution in [3.8, 4) is 11.3 Å². The molecule has 94 valence electrons. The fraction of sp³-hybridized carbons (Fsp3) is 0.0909. The highest BCUT2D eigenvalue weighted by Crippen LogP contribution is 2.33. The molecular formula is C11H6F3NO3. The number of benzene rings is 1. The van der Waals surface area contributed by atoms with E-state index in [0.29, 0.717) is 0 Å². The molecule has 0 fully saturated rings. The van der Waals surface area contributed by atoms with Gasteiger partial charge in [-0.3, -0.25) is 0 Å². The van der Waals surface area contributed by atoms with Gasteiger partial charge in [0, 0.05) is 5.56 Å². The Bertz CT molecular complexity index is 575. The van der Waals surface area contributed by atoms with Gasteiger partial charge < -0.3 is 9.52 Å². The van der Waals surface area contributed by atoms with Gasteiger partial charge in [-0.2, -0.15) is 13.2 Å². The highest BCUT2D eigenvalue weighted by Gasteiger charge is 2.39. The van der Waals surface area contributed by atoms with E-state index in [1.807, 2.05) is 0 Å². The molecule has 1 aromatic heterocycles. The Hall–Kier alpha value is -2.31. The number of nitrogens with zero attached hydrogens (tertiary/aromatic N) is 1. The molecular weight excluding hydrogens is 251 g/mol. The lowest BCUT2D eigenvalue weighted by molar-refractivity contribution is -0.157. The summed E-state index contributed by atoms with van der Waals surface area (Å²) in [6.07, 6.45) is -4.82. The van der Waals surface area contributed by atoms with Crippen LogP contribution in [0.25, 0.3) is 11.3 Å². The van der Waals surface area contributed by atoms with Crippen molar-refractivity contribution in [2.24, 2.45) is 0 Å². The third kappa shape index (κ3) is 2.20. The van der Waals surface area contributed by atoms with Crippen molar-refractivity contribution >= 4 is 5.97 Å². The van der Waals surface area contributed by atoms with E-state index >= 15 is 0 Å². The number of carboxylic acids is 1. The molecule has 0 aliphatic heterocycles. The van der Waals surface area contributed by atoms with Crippen LogP contribution < -0.4 is 0 Å². The minimum atomic E-state index is -4.82. The number of aromatic nitrogens is 1. The molecule has 1 heterocycles. The fourth-order valence-corrected chi connectivity index (χ4v) is 1.38. The van der Waals surface area contributed by atoms with Crippen molar-refractivity contribution < 1.29 is 27.5 Å². The molecule has 0 saturated heterocycles. The van der Waals surface area contributed by atoms with Crippen molar-refractivity contribution in [2.75, 3.05) is 0 Å². The first-order valence-corrected chi connectivity index (χ1v) is 4.76. The van der Waals surface area contributed by atoms with Gasteiger partial charge in [-0.25, -0.2) is 9.78 Å². The van der Waals surface area contributed by atoms with Gasteiger partial charge in [0.05, 0.1) is 0 Å². The molecule has 0 radical (unpaired) electrons. The normalized spacial score (nSPS) is 11.5. The molecule has 0 spiro atoms. The third-order valence-corrected chi connectivity index (χ3v) is 2.11. The lowest BCUT2D eigenvalue weighted by Crippen LogP contribution is -2.04. The SMILES string of the molecule is O=C(O)c1oc(C(F)(F)F)nc1-c1ccccc1. The first kappa shape index (κ1) is 12.2. The Morgan fingerprint density at radius 3 is 2.33 bits per heavy atom. The summed E-state index contributed by atoms with van der Waals surface area (Å²) >= 11 is 0. The number of halogens is 3. The van der Waals surface area contributed by atoms with Crippen LogP contribution >= 0.6 is 0 Å². The monoisotopic (exact) mass is 257 g/mol. The predicted octanol–water partition coefficient (Wildman–Crippen LogP) is 3.06. The van der Waals surface area contributed by atoms with Gasteiger partial charge in [0.2, 0.25) is 5.76 Å². The minimum Gasteiger partial charge on any atom is -0.475 e. The van der Waals surface area contributed by atoms with Crippen LogP contribution in [0.15, 0.2) is 34.7 Å².